The average Bonchev–Trinajstić information content (AvgIpc) is 2.67. The number of hydrogen-bond acceptors (Lipinski definition) is 0. The Kier molecular flexibility index (Phi) is 3.85. The summed E-state index contributed by atoms with van der Waals surface area (Å²) in [5.41, 5.74) is 3.10. The van der Waals surface area contributed by atoms with E-state index in [0.29, 0.717) is 3.12 Å². The van der Waals surface area contributed by atoms with Crippen molar-refractivity contribution in [2.45, 2.75) is 38.6 Å². The maximum atomic E-state index is 2.55. The standard InChI is InChI=1S/C13H15.2CH3.Zr/c1-2-3-6-11-9-10-12-7-4-5-8-13(11)12;;;/h4-5,7-10H,2-3,6H2,1H3;2*1H3;. The van der Waals surface area contributed by atoms with Crippen molar-refractivity contribution in [2.75, 3.05) is 0 Å². The van der Waals surface area contributed by atoms with Gasteiger partial charge in [0.05, 0.1) is 0 Å². The molecule has 2 rings (SSSR count). The molecule has 0 nitrogen and oxygen atoms in total. The van der Waals surface area contributed by atoms with Crippen LogP contribution in [0.25, 0.3) is 6.08 Å². The van der Waals surface area contributed by atoms with E-state index in [1.54, 1.807) is 5.56 Å². The molecule has 1 atom stereocenters. The Morgan fingerprint density at radius 1 is 1.19 bits per heavy atom. The van der Waals surface area contributed by atoms with E-state index in [9.17, 15) is 0 Å². The van der Waals surface area contributed by atoms with E-state index in [-0.39, 0.29) is 0 Å². The predicted octanol–water partition coefficient (Wildman–Crippen LogP) is 4.81. The predicted molar refractivity (Wildman–Crippen MR) is 68.4 cm³/mol. The fraction of sp³-hybridized carbons (Fsp3) is 0.467. The summed E-state index contributed by atoms with van der Waals surface area (Å²) in [5, 5.41) is 0. The van der Waals surface area contributed by atoms with Gasteiger partial charge in [0.1, 0.15) is 0 Å². The Hall–Kier alpha value is -0.157. The average molecular weight is 293 g/mol. The molecule has 0 heterocycles. The van der Waals surface area contributed by atoms with Crippen molar-refractivity contribution in [2.24, 2.45) is 0 Å². The van der Waals surface area contributed by atoms with E-state index in [4.69, 9.17) is 0 Å². The van der Waals surface area contributed by atoms with Gasteiger partial charge in [0.25, 0.3) is 0 Å². The van der Waals surface area contributed by atoms with Crippen molar-refractivity contribution in [3.8, 4) is 0 Å². The first-order valence-corrected chi connectivity index (χ1v) is 12.4. The van der Waals surface area contributed by atoms with Crippen LogP contribution in [0.5, 0.6) is 0 Å². The second-order valence-corrected chi connectivity index (χ2v) is 12.1. The molecule has 0 aliphatic heterocycles. The number of hydrogen-bond donors (Lipinski definition) is 0. The summed E-state index contributed by atoms with van der Waals surface area (Å²) < 4.78 is 5.59. The molecule has 1 aliphatic rings. The van der Waals surface area contributed by atoms with Crippen molar-refractivity contribution in [1.29, 1.82) is 0 Å². The fourth-order valence-electron chi connectivity index (χ4n) is 2.73. The molecule has 16 heavy (non-hydrogen) atoms. The minimum atomic E-state index is -1.29. The molecule has 85 valence electrons. The first-order valence-electron chi connectivity index (χ1n) is 6.30. The van der Waals surface area contributed by atoms with Crippen LogP contribution in [0.2, 0.25) is 9.26 Å². The maximum absolute atomic E-state index is 2.55. The molecule has 1 unspecified atom stereocenters. The molecule has 1 heteroatoms. The van der Waals surface area contributed by atoms with Gasteiger partial charge in [-0.1, -0.05) is 0 Å². The fourth-order valence-corrected chi connectivity index (χ4v) is 7.30. The molecule has 0 saturated heterocycles. The Labute approximate surface area is 107 Å². The van der Waals surface area contributed by atoms with Gasteiger partial charge in [0.15, 0.2) is 0 Å². The van der Waals surface area contributed by atoms with E-state index >= 15 is 0 Å². The molecular weight excluding hydrogens is 271 g/mol. The van der Waals surface area contributed by atoms with Gasteiger partial charge >= 0.3 is 108 Å². The topological polar surface area (TPSA) is 0 Å². The summed E-state index contributed by atoms with van der Waals surface area (Å²) in [6.45, 7) is 2.30. The van der Waals surface area contributed by atoms with Crippen molar-refractivity contribution in [3.63, 3.8) is 0 Å². The van der Waals surface area contributed by atoms with Crippen molar-refractivity contribution < 1.29 is 21.8 Å². The van der Waals surface area contributed by atoms with Crippen LogP contribution >= 0.6 is 0 Å². The van der Waals surface area contributed by atoms with Crippen molar-refractivity contribution in [3.05, 3.63) is 41.5 Å². The van der Waals surface area contributed by atoms with Gasteiger partial charge in [-0.2, -0.15) is 0 Å². The first kappa shape index (κ1) is 12.3. The number of benzene rings is 1. The van der Waals surface area contributed by atoms with Crippen LogP contribution < -0.4 is 0 Å². The van der Waals surface area contributed by atoms with Gasteiger partial charge in [-0.15, -0.1) is 0 Å². The summed E-state index contributed by atoms with van der Waals surface area (Å²) >= 11 is -1.29. The van der Waals surface area contributed by atoms with Crippen LogP contribution in [-0.4, -0.2) is 0 Å². The van der Waals surface area contributed by atoms with Crippen molar-refractivity contribution in [1.82, 2.24) is 0 Å². The molecule has 0 bridgehead atoms. The first-order chi connectivity index (χ1) is 7.70. The monoisotopic (exact) mass is 291 g/mol. The Bertz CT molecular complexity index is 392. The van der Waals surface area contributed by atoms with Crippen LogP contribution in [0, 0.1) is 0 Å². The van der Waals surface area contributed by atoms with Crippen LogP contribution in [0.3, 0.4) is 0 Å². The molecule has 0 aromatic heterocycles. The van der Waals surface area contributed by atoms with Crippen LogP contribution in [-0.2, 0) is 24.9 Å². The summed E-state index contributed by atoms with van der Waals surface area (Å²) in [7, 11) is 0. The number of fused-ring (bicyclic) bond motifs is 1. The zero-order chi connectivity index (χ0) is 11.6. The molecule has 0 amide bonds. The molecule has 1 aromatic rings. The number of unbranched alkanes of at least 4 members (excludes halogenated alkanes) is 1. The Morgan fingerprint density at radius 2 is 1.94 bits per heavy atom. The summed E-state index contributed by atoms with van der Waals surface area (Å²) in [6.07, 6.45) is 8.94. The SMILES string of the molecule is CCCC[C]1([Zr]([CH3])[CH3])C=Cc2ccccc21. The van der Waals surface area contributed by atoms with Gasteiger partial charge in [-0.3, -0.25) is 0 Å². The van der Waals surface area contributed by atoms with E-state index in [0.717, 1.165) is 0 Å². The third-order valence-electron chi connectivity index (χ3n) is 3.81. The molecular formula is C15H21Zr. The van der Waals surface area contributed by atoms with Crippen molar-refractivity contribution >= 4 is 6.08 Å². The number of rotatable bonds is 4. The molecule has 1 aromatic carbocycles. The van der Waals surface area contributed by atoms with Crippen LogP contribution in [0.1, 0.15) is 37.3 Å². The second kappa shape index (κ2) is 5.00. The van der Waals surface area contributed by atoms with Crippen LogP contribution in [0.4, 0.5) is 0 Å². The summed E-state index contributed by atoms with van der Waals surface area (Å²) in [6, 6.07) is 9.00. The van der Waals surface area contributed by atoms with Gasteiger partial charge in [-0.05, 0) is 0 Å². The quantitative estimate of drug-likeness (QED) is 0.747. The van der Waals surface area contributed by atoms with E-state index in [1.165, 1.54) is 24.8 Å². The third kappa shape index (κ3) is 1.99. The Morgan fingerprint density at radius 3 is 2.62 bits per heavy atom. The minimum absolute atomic E-state index is 0.495. The molecule has 0 fully saturated rings. The molecule has 0 radical (unpaired) electrons. The second-order valence-electron chi connectivity index (χ2n) is 5.00. The molecule has 0 spiro atoms. The van der Waals surface area contributed by atoms with Gasteiger partial charge in [0, 0.05) is 0 Å². The zero-order valence-electron chi connectivity index (χ0n) is 10.6. The third-order valence-corrected chi connectivity index (χ3v) is 9.88. The van der Waals surface area contributed by atoms with E-state index in [1.807, 2.05) is 0 Å². The summed E-state index contributed by atoms with van der Waals surface area (Å²) in [4.78, 5) is 0. The molecule has 0 N–H and O–H groups in total. The zero-order valence-corrected chi connectivity index (χ0v) is 13.0. The van der Waals surface area contributed by atoms with E-state index < -0.39 is 21.8 Å². The Balaban J connectivity index is 2.39. The van der Waals surface area contributed by atoms with E-state index in [2.05, 4.69) is 52.6 Å². The summed E-state index contributed by atoms with van der Waals surface area (Å²) in [5.74, 6) is 0. The molecule has 1 aliphatic carbocycles. The number of allylic oxidation sites excluding steroid dienone is 1. The molecule has 0 saturated carbocycles. The van der Waals surface area contributed by atoms with Gasteiger partial charge < -0.3 is 0 Å². The van der Waals surface area contributed by atoms with Crippen LogP contribution in [0.15, 0.2) is 30.3 Å². The van der Waals surface area contributed by atoms with Gasteiger partial charge in [0.2, 0.25) is 0 Å². The normalized spacial score (nSPS) is 22.2. The van der Waals surface area contributed by atoms with Gasteiger partial charge in [-0.25, -0.2) is 0 Å².